The van der Waals surface area contributed by atoms with Crippen molar-refractivity contribution >= 4 is 39.6 Å². The number of hydrogen-bond donors (Lipinski definition) is 1. The Balaban J connectivity index is 1.45. The second-order valence-electron chi connectivity index (χ2n) is 6.33. The monoisotopic (exact) mass is 432 g/mol. The van der Waals surface area contributed by atoms with Crippen molar-refractivity contribution in [3.05, 3.63) is 52.2 Å². The van der Waals surface area contributed by atoms with Gasteiger partial charge in [-0.2, -0.15) is 0 Å². The highest BCUT2D eigenvalue weighted by atomic mass is 79.9. The third-order valence-electron chi connectivity index (χ3n) is 4.26. The molecule has 0 spiro atoms. The second-order valence-corrected chi connectivity index (χ2v) is 7.18. The fraction of sp³-hybridized carbons (Fsp3) is 0.316. The number of nitrogens with zero attached hydrogens (tertiary/aromatic N) is 3. The Morgan fingerprint density at radius 2 is 2.00 bits per heavy atom. The molecular formula is C19H21BrN4O3. The molecule has 1 aliphatic heterocycles. The number of carbonyl (C=O) groups is 2. The zero-order valence-corrected chi connectivity index (χ0v) is 16.6. The van der Waals surface area contributed by atoms with E-state index < -0.39 is 0 Å². The number of aromatic nitrogens is 1. The maximum Gasteiger partial charge on any atom is 0.246 e. The number of carbonyl (C=O) groups excluding carboxylic acids is 2. The molecule has 0 aliphatic carbocycles. The van der Waals surface area contributed by atoms with Crippen molar-refractivity contribution in [3.8, 4) is 0 Å². The number of aryl methyl sites for hydroxylation is 1. The molecule has 1 aromatic carbocycles. The fourth-order valence-corrected chi connectivity index (χ4v) is 3.23. The molecule has 1 fully saturated rings. The van der Waals surface area contributed by atoms with Crippen LogP contribution >= 0.6 is 15.9 Å². The van der Waals surface area contributed by atoms with E-state index in [9.17, 15) is 9.59 Å². The molecule has 2 heterocycles. The first-order chi connectivity index (χ1) is 13.0. The third-order valence-corrected chi connectivity index (χ3v) is 4.98. The van der Waals surface area contributed by atoms with Crippen LogP contribution in [0.25, 0.3) is 6.08 Å². The van der Waals surface area contributed by atoms with Crippen molar-refractivity contribution in [1.29, 1.82) is 0 Å². The number of halogens is 1. The van der Waals surface area contributed by atoms with Crippen LogP contribution < -0.4 is 5.32 Å². The predicted molar refractivity (Wildman–Crippen MR) is 106 cm³/mol. The summed E-state index contributed by atoms with van der Waals surface area (Å²) in [6, 6.07) is 9.42. The highest BCUT2D eigenvalue weighted by Crippen LogP contribution is 2.17. The Morgan fingerprint density at radius 1 is 1.26 bits per heavy atom. The Morgan fingerprint density at radius 3 is 2.67 bits per heavy atom. The van der Waals surface area contributed by atoms with E-state index >= 15 is 0 Å². The highest BCUT2D eigenvalue weighted by Gasteiger charge is 2.21. The van der Waals surface area contributed by atoms with Gasteiger partial charge in [0, 0.05) is 42.8 Å². The lowest BCUT2D eigenvalue weighted by Gasteiger charge is -2.33. The number of amides is 2. The van der Waals surface area contributed by atoms with Crippen LogP contribution in [-0.2, 0) is 9.59 Å². The van der Waals surface area contributed by atoms with Gasteiger partial charge in [-0.3, -0.25) is 14.5 Å². The van der Waals surface area contributed by atoms with E-state index in [0.29, 0.717) is 37.8 Å². The summed E-state index contributed by atoms with van der Waals surface area (Å²) in [5, 5.41) is 6.45. The fourth-order valence-electron chi connectivity index (χ4n) is 2.81. The quantitative estimate of drug-likeness (QED) is 0.734. The van der Waals surface area contributed by atoms with Gasteiger partial charge in [-0.1, -0.05) is 39.3 Å². The Labute approximate surface area is 166 Å². The van der Waals surface area contributed by atoms with Gasteiger partial charge in [0.1, 0.15) is 5.76 Å². The van der Waals surface area contributed by atoms with Crippen molar-refractivity contribution in [1.82, 2.24) is 15.0 Å². The molecule has 8 heteroatoms. The normalized spacial score (nSPS) is 15.3. The standard InChI is InChI=1S/C19H21BrN4O3/c1-14-12-17(22-27-14)21-18(25)13-23-8-10-24(11-9-23)19(26)7-6-15-4-2-3-5-16(15)20/h2-7,12H,8-11,13H2,1H3,(H,21,22,25)/b7-6+. The van der Waals surface area contributed by atoms with Crippen LogP contribution in [0.3, 0.4) is 0 Å². The van der Waals surface area contributed by atoms with E-state index in [2.05, 4.69) is 26.4 Å². The molecule has 7 nitrogen and oxygen atoms in total. The summed E-state index contributed by atoms with van der Waals surface area (Å²) in [6.07, 6.45) is 3.40. The van der Waals surface area contributed by atoms with Gasteiger partial charge in [0.05, 0.1) is 6.54 Å². The van der Waals surface area contributed by atoms with Crippen LogP contribution in [0.15, 0.2) is 45.4 Å². The van der Waals surface area contributed by atoms with Gasteiger partial charge < -0.3 is 14.7 Å². The van der Waals surface area contributed by atoms with Crippen molar-refractivity contribution < 1.29 is 14.1 Å². The van der Waals surface area contributed by atoms with Crippen LogP contribution in [0.5, 0.6) is 0 Å². The number of rotatable bonds is 5. The molecule has 1 aliphatic rings. The van der Waals surface area contributed by atoms with Gasteiger partial charge in [0.25, 0.3) is 0 Å². The maximum absolute atomic E-state index is 12.4. The zero-order valence-electron chi connectivity index (χ0n) is 15.0. The lowest BCUT2D eigenvalue weighted by atomic mass is 10.2. The molecule has 27 heavy (non-hydrogen) atoms. The molecule has 142 valence electrons. The Hall–Kier alpha value is -2.45. The SMILES string of the molecule is Cc1cc(NC(=O)CN2CCN(C(=O)/C=C/c3ccccc3Br)CC2)no1. The summed E-state index contributed by atoms with van der Waals surface area (Å²) in [4.78, 5) is 28.2. The topological polar surface area (TPSA) is 78.7 Å². The molecular weight excluding hydrogens is 412 g/mol. The number of hydrogen-bond acceptors (Lipinski definition) is 5. The minimum absolute atomic E-state index is 0.0204. The van der Waals surface area contributed by atoms with Crippen molar-refractivity contribution in [2.75, 3.05) is 38.0 Å². The van der Waals surface area contributed by atoms with Crippen LogP contribution in [0.1, 0.15) is 11.3 Å². The molecule has 2 aromatic rings. The van der Waals surface area contributed by atoms with Crippen molar-refractivity contribution in [3.63, 3.8) is 0 Å². The zero-order chi connectivity index (χ0) is 19.2. The van der Waals surface area contributed by atoms with E-state index in [1.165, 1.54) is 0 Å². The highest BCUT2D eigenvalue weighted by molar-refractivity contribution is 9.10. The van der Waals surface area contributed by atoms with E-state index in [0.717, 1.165) is 10.0 Å². The van der Waals surface area contributed by atoms with E-state index in [1.807, 2.05) is 35.2 Å². The molecule has 0 radical (unpaired) electrons. The molecule has 1 saturated heterocycles. The van der Waals surface area contributed by atoms with Crippen LogP contribution in [0.4, 0.5) is 5.82 Å². The molecule has 0 unspecified atom stereocenters. The first kappa shape index (κ1) is 19.3. The average Bonchev–Trinajstić information content (AvgIpc) is 3.06. The number of piperazine rings is 1. The van der Waals surface area contributed by atoms with Gasteiger partial charge in [-0.25, -0.2) is 0 Å². The third kappa shape index (κ3) is 5.51. The van der Waals surface area contributed by atoms with Crippen LogP contribution in [-0.4, -0.2) is 59.5 Å². The molecule has 1 aromatic heterocycles. The molecule has 0 atom stereocenters. The summed E-state index contributed by atoms with van der Waals surface area (Å²) < 4.78 is 5.88. The van der Waals surface area contributed by atoms with Gasteiger partial charge >= 0.3 is 0 Å². The largest absolute Gasteiger partial charge is 0.360 e. The molecule has 0 bridgehead atoms. The first-order valence-electron chi connectivity index (χ1n) is 8.68. The van der Waals surface area contributed by atoms with Crippen LogP contribution in [0.2, 0.25) is 0 Å². The number of nitrogens with one attached hydrogen (secondary N) is 1. The summed E-state index contributed by atoms with van der Waals surface area (Å²) in [7, 11) is 0. The predicted octanol–water partition coefficient (Wildman–Crippen LogP) is 2.54. The minimum Gasteiger partial charge on any atom is -0.360 e. The van der Waals surface area contributed by atoms with Gasteiger partial charge in [-0.05, 0) is 24.6 Å². The summed E-state index contributed by atoms with van der Waals surface area (Å²) in [5.74, 6) is 0.904. The molecule has 1 N–H and O–H groups in total. The summed E-state index contributed by atoms with van der Waals surface area (Å²) in [5.41, 5.74) is 0.962. The lowest BCUT2D eigenvalue weighted by Crippen LogP contribution is -2.50. The van der Waals surface area contributed by atoms with Crippen molar-refractivity contribution in [2.45, 2.75) is 6.92 Å². The maximum atomic E-state index is 12.4. The van der Waals surface area contributed by atoms with Gasteiger partial charge in [0.15, 0.2) is 5.82 Å². The average molecular weight is 433 g/mol. The van der Waals surface area contributed by atoms with E-state index in [4.69, 9.17) is 4.52 Å². The number of benzene rings is 1. The molecule has 0 saturated carbocycles. The Bertz CT molecular complexity index is 841. The van der Waals surface area contributed by atoms with E-state index in [-0.39, 0.29) is 18.4 Å². The van der Waals surface area contributed by atoms with Gasteiger partial charge in [-0.15, -0.1) is 0 Å². The Kier molecular flexibility index (Phi) is 6.41. The first-order valence-corrected chi connectivity index (χ1v) is 9.47. The van der Waals surface area contributed by atoms with Crippen LogP contribution in [0, 0.1) is 6.92 Å². The van der Waals surface area contributed by atoms with Gasteiger partial charge in [0.2, 0.25) is 11.8 Å². The van der Waals surface area contributed by atoms with E-state index in [1.54, 1.807) is 24.0 Å². The van der Waals surface area contributed by atoms with Crippen molar-refractivity contribution in [2.24, 2.45) is 0 Å². The summed E-state index contributed by atoms with van der Waals surface area (Å²) >= 11 is 3.47. The smallest absolute Gasteiger partial charge is 0.246 e. The lowest BCUT2D eigenvalue weighted by molar-refractivity contribution is -0.127. The molecule has 3 rings (SSSR count). The number of anilines is 1. The second kappa shape index (κ2) is 8.96. The minimum atomic E-state index is -0.142. The summed E-state index contributed by atoms with van der Waals surface area (Å²) in [6.45, 7) is 4.52. The molecule has 2 amide bonds.